The molecule has 0 bridgehead atoms. The SMILES string of the molecule is Fc1c(-c2ccccn2)cccc1-c1ccnc2nc(C(F)(F)F)ccc12. The molecule has 4 rings (SSSR count). The van der Waals surface area contributed by atoms with Crippen molar-refractivity contribution < 1.29 is 17.6 Å². The molecule has 7 heteroatoms. The Morgan fingerprint density at radius 3 is 2.26 bits per heavy atom. The number of rotatable bonds is 2. The maximum atomic E-state index is 15.2. The second-order valence-electron chi connectivity index (χ2n) is 5.81. The van der Waals surface area contributed by atoms with E-state index in [-0.39, 0.29) is 11.2 Å². The molecule has 134 valence electrons. The molecule has 0 unspecified atom stereocenters. The van der Waals surface area contributed by atoms with Crippen molar-refractivity contribution in [1.29, 1.82) is 0 Å². The molecule has 0 amide bonds. The Morgan fingerprint density at radius 1 is 0.704 bits per heavy atom. The topological polar surface area (TPSA) is 38.7 Å². The molecular formula is C20H11F4N3. The minimum atomic E-state index is -4.57. The number of alkyl halides is 3. The molecule has 0 aliphatic carbocycles. The first-order chi connectivity index (χ1) is 12.9. The molecule has 0 fully saturated rings. The Bertz CT molecular complexity index is 1130. The van der Waals surface area contributed by atoms with Crippen molar-refractivity contribution in [2.45, 2.75) is 6.18 Å². The molecule has 3 aromatic heterocycles. The van der Waals surface area contributed by atoms with Gasteiger partial charge in [-0.2, -0.15) is 13.2 Å². The molecule has 0 aliphatic heterocycles. The second kappa shape index (κ2) is 6.42. The maximum Gasteiger partial charge on any atom is 0.433 e. The van der Waals surface area contributed by atoms with Crippen LogP contribution in [0.15, 0.2) is 67.0 Å². The van der Waals surface area contributed by atoms with Gasteiger partial charge < -0.3 is 0 Å². The smallest absolute Gasteiger partial charge is 0.256 e. The lowest BCUT2D eigenvalue weighted by atomic mass is 9.98. The van der Waals surface area contributed by atoms with Crippen LogP contribution in [-0.4, -0.2) is 15.0 Å². The zero-order valence-electron chi connectivity index (χ0n) is 13.7. The summed E-state index contributed by atoms with van der Waals surface area (Å²) < 4.78 is 53.8. The average Bonchev–Trinajstić information content (AvgIpc) is 2.67. The van der Waals surface area contributed by atoms with Gasteiger partial charge in [-0.1, -0.05) is 18.2 Å². The van der Waals surface area contributed by atoms with Gasteiger partial charge in [-0.25, -0.2) is 14.4 Å². The standard InChI is InChI=1S/C20H11F4N3/c21-18-13(4-3-5-15(18)16-6-1-2-10-25-16)12-9-11-26-19-14(12)7-8-17(27-19)20(22,23)24/h1-11H. The van der Waals surface area contributed by atoms with Gasteiger partial charge in [0, 0.05) is 28.9 Å². The van der Waals surface area contributed by atoms with E-state index < -0.39 is 17.7 Å². The molecule has 0 saturated heterocycles. The van der Waals surface area contributed by atoms with E-state index in [4.69, 9.17) is 0 Å². The van der Waals surface area contributed by atoms with Crippen molar-refractivity contribution in [1.82, 2.24) is 15.0 Å². The minimum Gasteiger partial charge on any atom is -0.256 e. The van der Waals surface area contributed by atoms with Gasteiger partial charge in [0.05, 0.1) is 5.69 Å². The van der Waals surface area contributed by atoms with E-state index in [9.17, 15) is 13.2 Å². The third-order valence-corrected chi connectivity index (χ3v) is 4.12. The van der Waals surface area contributed by atoms with Crippen molar-refractivity contribution in [3.63, 3.8) is 0 Å². The van der Waals surface area contributed by atoms with E-state index in [0.717, 1.165) is 6.07 Å². The summed E-state index contributed by atoms with van der Waals surface area (Å²) in [5, 5.41) is 0.336. The Kier molecular flexibility index (Phi) is 4.07. The number of nitrogens with zero attached hydrogens (tertiary/aromatic N) is 3. The van der Waals surface area contributed by atoms with Crippen LogP contribution in [0, 0.1) is 5.82 Å². The van der Waals surface area contributed by atoms with E-state index in [0.29, 0.717) is 22.2 Å². The van der Waals surface area contributed by atoms with Gasteiger partial charge in [-0.3, -0.25) is 4.98 Å². The molecule has 0 saturated carbocycles. The summed E-state index contributed by atoms with van der Waals surface area (Å²) in [7, 11) is 0. The fraction of sp³-hybridized carbons (Fsp3) is 0.0500. The molecular weight excluding hydrogens is 358 g/mol. The molecule has 0 atom stereocenters. The van der Waals surface area contributed by atoms with E-state index in [1.165, 1.54) is 12.3 Å². The van der Waals surface area contributed by atoms with Crippen molar-refractivity contribution in [3.05, 3.63) is 78.5 Å². The fourth-order valence-corrected chi connectivity index (χ4v) is 2.88. The first-order valence-corrected chi connectivity index (χ1v) is 7.98. The number of hydrogen-bond acceptors (Lipinski definition) is 3. The third-order valence-electron chi connectivity index (χ3n) is 4.12. The van der Waals surface area contributed by atoms with Gasteiger partial charge in [-0.05, 0) is 42.0 Å². The lowest BCUT2D eigenvalue weighted by Crippen LogP contribution is -2.08. The summed E-state index contributed by atoms with van der Waals surface area (Å²) in [5.41, 5.74) is 0.293. The highest BCUT2D eigenvalue weighted by Crippen LogP contribution is 2.35. The maximum absolute atomic E-state index is 15.2. The quantitative estimate of drug-likeness (QED) is 0.437. The van der Waals surface area contributed by atoms with Gasteiger partial charge in [0.1, 0.15) is 11.5 Å². The number of pyridine rings is 3. The Morgan fingerprint density at radius 2 is 1.52 bits per heavy atom. The highest BCUT2D eigenvalue weighted by atomic mass is 19.4. The Hall–Kier alpha value is -3.35. The minimum absolute atomic E-state index is 0.0926. The fourth-order valence-electron chi connectivity index (χ4n) is 2.88. The van der Waals surface area contributed by atoms with Crippen LogP contribution in [0.25, 0.3) is 33.4 Å². The van der Waals surface area contributed by atoms with Crippen LogP contribution in [0.4, 0.5) is 17.6 Å². The molecule has 27 heavy (non-hydrogen) atoms. The molecule has 4 aromatic rings. The van der Waals surface area contributed by atoms with Crippen LogP contribution in [0.5, 0.6) is 0 Å². The van der Waals surface area contributed by atoms with Crippen LogP contribution in [-0.2, 0) is 6.18 Å². The van der Waals surface area contributed by atoms with Crippen LogP contribution in [0.3, 0.4) is 0 Å². The number of aromatic nitrogens is 3. The summed E-state index contributed by atoms with van der Waals surface area (Å²) in [6.45, 7) is 0. The van der Waals surface area contributed by atoms with Gasteiger partial charge in [0.25, 0.3) is 0 Å². The van der Waals surface area contributed by atoms with Crippen LogP contribution < -0.4 is 0 Å². The zero-order valence-corrected chi connectivity index (χ0v) is 13.7. The van der Waals surface area contributed by atoms with Gasteiger partial charge in [0.15, 0.2) is 5.65 Å². The molecule has 3 heterocycles. The van der Waals surface area contributed by atoms with E-state index >= 15 is 4.39 Å². The van der Waals surface area contributed by atoms with Crippen LogP contribution in [0.1, 0.15) is 5.69 Å². The largest absolute Gasteiger partial charge is 0.433 e. The summed E-state index contributed by atoms with van der Waals surface area (Å²) in [5.74, 6) is -0.511. The molecule has 0 radical (unpaired) electrons. The Labute approximate surface area is 151 Å². The lowest BCUT2D eigenvalue weighted by molar-refractivity contribution is -0.141. The summed E-state index contributed by atoms with van der Waals surface area (Å²) in [6, 6.07) is 13.7. The van der Waals surface area contributed by atoms with Crippen molar-refractivity contribution in [3.8, 4) is 22.4 Å². The third kappa shape index (κ3) is 3.12. The van der Waals surface area contributed by atoms with Crippen LogP contribution in [0.2, 0.25) is 0 Å². The molecule has 1 aromatic carbocycles. The van der Waals surface area contributed by atoms with E-state index in [2.05, 4.69) is 15.0 Å². The first kappa shape index (κ1) is 17.1. The lowest BCUT2D eigenvalue weighted by Gasteiger charge is -2.11. The van der Waals surface area contributed by atoms with Crippen LogP contribution >= 0.6 is 0 Å². The number of fused-ring (bicyclic) bond motifs is 1. The van der Waals surface area contributed by atoms with E-state index in [1.807, 2.05) is 0 Å². The van der Waals surface area contributed by atoms with Crippen molar-refractivity contribution in [2.24, 2.45) is 0 Å². The number of hydrogen-bond donors (Lipinski definition) is 0. The summed E-state index contributed by atoms with van der Waals surface area (Å²) in [4.78, 5) is 11.6. The van der Waals surface area contributed by atoms with Gasteiger partial charge in [0.2, 0.25) is 0 Å². The highest BCUT2D eigenvalue weighted by Gasteiger charge is 2.32. The summed E-state index contributed by atoms with van der Waals surface area (Å²) >= 11 is 0. The predicted molar refractivity (Wildman–Crippen MR) is 93.2 cm³/mol. The van der Waals surface area contributed by atoms with Gasteiger partial charge in [-0.15, -0.1) is 0 Å². The van der Waals surface area contributed by atoms with Gasteiger partial charge >= 0.3 is 6.18 Å². The van der Waals surface area contributed by atoms with Crippen molar-refractivity contribution in [2.75, 3.05) is 0 Å². The molecule has 0 N–H and O–H groups in total. The zero-order chi connectivity index (χ0) is 19.0. The highest BCUT2D eigenvalue weighted by molar-refractivity contribution is 5.93. The average molecular weight is 369 g/mol. The van der Waals surface area contributed by atoms with Crippen molar-refractivity contribution >= 4 is 11.0 Å². The molecule has 3 nitrogen and oxygen atoms in total. The normalized spacial score (nSPS) is 11.7. The molecule has 0 aliphatic rings. The Balaban J connectivity index is 1.91. The predicted octanol–water partition coefficient (Wildman–Crippen LogP) is 5.52. The number of halogens is 4. The monoisotopic (exact) mass is 369 g/mol. The van der Waals surface area contributed by atoms with E-state index in [1.54, 1.807) is 48.7 Å². The second-order valence-corrected chi connectivity index (χ2v) is 5.81. The molecule has 0 spiro atoms. The number of benzene rings is 1. The summed E-state index contributed by atoms with van der Waals surface area (Å²) in [6.07, 6.45) is -1.69. The first-order valence-electron chi connectivity index (χ1n) is 7.98.